The largest absolute Gasteiger partial charge is 0.382 e. The molecular formula is C23H33N3O2S. The highest BCUT2D eigenvalue weighted by atomic mass is 32.1. The van der Waals surface area contributed by atoms with Gasteiger partial charge < -0.3 is 19.5 Å². The van der Waals surface area contributed by atoms with Gasteiger partial charge in [0.25, 0.3) is 6.04 Å². The second-order valence-electron chi connectivity index (χ2n) is 10.6. The van der Waals surface area contributed by atoms with Gasteiger partial charge in [-0.2, -0.15) is 0 Å². The molecule has 0 aromatic rings. The highest BCUT2D eigenvalue weighted by molar-refractivity contribution is 7.78. The molecule has 0 aromatic carbocycles. The van der Waals surface area contributed by atoms with Crippen LogP contribution in [0.3, 0.4) is 0 Å². The first kappa shape index (κ1) is 22.4. The number of fused-ring (bicyclic) bond motifs is 1. The third-order valence-electron chi connectivity index (χ3n) is 8.27. The van der Waals surface area contributed by atoms with Crippen molar-refractivity contribution in [1.82, 2.24) is 0 Å². The number of thiocarbonyl (C=S) groups is 1. The lowest BCUT2D eigenvalue weighted by Gasteiger charge is -2.53. The van der Waals surface area contributed by atoms with Crippen LogP contribution >= 0.6 is 12.2 Å². The number of nitrogens with zero attached hydrogens (tertiary/aromatic N) is 3. The van der Waals surface area contributed by atoms with Crippen LogP contribution in [0.25, 0.3) is 9.69 Å². The summed E-state index contributed by atoms with van der Waals surface area (Å²) in [5.41, 5.74) is -2.30. The topological polar surface area (TPSA) is 50.5 Å². The summed E-state index contributed by atoms with van der Waals surface area (Å²) in [4.78, 5) is 12.3. The summed E-state index contributed by atoms with van der Waals surface area (Å²) in [7, 11) is 0. The van der Waals surface area contributed by atoms with E-state index in [1.165, 1.54) is 0 Å². The van der Waals surface area contributed by atoms with Gasteiger partial charge in [-0.1, -0.05) is 0 Å². The molecule has 2 saturated carbocycles. The van der Waals surface area contributed by atoms with E-state index in [1.807, 2.05) is 20.8 Å². The van der Waals surface area contributed by atoms with Crippen LogP contribution in [-0.2, 0) is 4.74 Å². The third-order valence-corrected chi connectivity index (χ3v) is 8.36. The van der Waals surface area contributed by atoms with E-state index < -0.39 is 22.7 Å². The number of hydrogen-bond acceptors (Lipinski definition) is 4. The van der Waals surface area contributed by atoms with Crippen LogP contribution in [0, 0.1) is 30.9 Å². The summed E-state index contributed by atoms with van der Waals surface area (Å²) < 4.78 is 6.68. The average molecular weight is 416 g/mol. The number of aliphatic hydroxyl groups is 1. The first-order valence-electron chi connectivity index (χ1n) is 10.7. The Morgan fingerprint density at radius 2 is 1.76 bits per heavy atom. The Bertz CT molecular complexity index is 791. The van der Waals surface area contributed by atoms with Crippen molar-refractivity contribution < 1.29 is 9.84 Å². The zero-order valence-corrected chi connectivity index (χ0v) is 19.1. The van der Waals surface area contributed by atoms with Crippen LogP contribution in [0.2, 0.25) is 0 Å². The lowest BCUT2D eigenvalue weighted by atomic mass is 9.51. The molecule has 0 amide bonds. The highest BCUT2D eigenvalue weighted by Crippen LogP contribution is 2.58. The Kier molecular flexibility index (Phi) is 5.74. The van der Waals surface area contributed by atoms with E-state index in [-0.39, 0.29) is 29.5 Å². The van der Waals surface area contributed by atoms with Crippen molar-refractivity contribution in [2.45, 2.75) is 108 Å². The molecule has 1 aliphatic heterocycles. The van der Waals surface area contributed by atoms with Crippen molar-refractivity contribution in [3.05, 3.63) is 22.8 Å². The molecule has 0 bridgehead atoms. The van der Waals surface area contributed by atoms with Gasteiger partial charge in [0.05, 0.1) is 28.3 Å². The molecule has 3 rings (SSSR count). The van der Waals surface area contributed by atoms with Gasteiger partial charge in [-0.25, -0.2) is 18.1 Å². The highest BCUT2D eigenvalue weighted by Gasteiger charge is 2.66. The quantitative estimate of drug-likeness (QED) is 0.403. The van der Waals surface area contributed by atoms with Gasteiger partial charge in [-0.05, 0) is 77.9 Å². The molecule has 1 N–H and O–H groups in total. The monoisotopic (exact) mass is 415 g/mol. The molecule has 8 atom stereocenters. The van der Waals surface area contributed by atoms with Gasteiger partial charge in [0.15, 0.2) is 0 Å². The molecule has 0 spiro atoms. The Labute approximate surface area is 180 Å². The van der Waals surface area contributed by atoms with Crippen molar-refractivity contribution in [1.29, 1.82) is 0 Å². The molecule has 3 fully saturated rings. The van der Waals surface area contributed by atoms with E-state index in [1.54, 1.807) is 6.92 Å². The smallest absolute Gasteiger partial charge is 0.255 e. The maximum atomic E-state index is 11.0. The zero-order chi connectivity index (χ0) is 21.7. The molecule has 1 unspecified atom stereocenters. The Hall–Kier alpha value is -1.30. The van der Waals surface area contributed by atoms with Crippen LogP contribution in [0.5, 0.6) is 0 Å². The van der Waals surface area contributed by atoms with Gasteiger partial charge in [-0.15, -0.1) is 0 Å². The summed E-state index contributed by atoms with van der Waals surface area (Å²) in [5.74, 6) is 0.222. The minimum atomic E-state index is -1.02. The van der Waals surface area contributed by atoms with E-state index >= 15 is 0 Å². The van der Waals surface area contributed by atoms with E-state index in [2.05, 4.69) is 26.8 Å². The number of rotatable bonds is 3. The third kappa shape index (κ3) is 3.66. The fourth-order valence-electron chi connectivity index (χ4n) is 6.37. The van der Waals surface area contributed by atoms with Crippen molar-refractivity contribution in [2.24, 2.45) is 22.7 Å². The van der Waals surface area contributed by atoms with Crippen molar-refractivity contribution in [3.8, 4) is 0 Å². The predicted molar refractivity (Wildman–Crippen MR) is 117 cm³/mol. The van der Waals surface area contributed by atoms with Crippen LogP contribution in [0.4, 0.5) is 0 Å². The van der Waals surface area contributed by atoms with E-state index in [0.29, 0.717) is 6.42 Å². The SMILES string of the molecule is [C-]#[N+][C@@H]1[C@H]2[C@H](CC[C@@]1(C)O)[C@](C)([N+]#[C-])CC[C@@H]2[C@@]1(C)CCC(C(C)(C)N=C=S)O1. The Balaban J connectivity index is 1.98. The fourth-order valence-corrected chi connectivity index (χ4v) is 6.61. The molecule has 1 heterocycles. The summed E-state index contributed by atoms with van der Waals surface area (Å²) in [6, 6.07) is -0.501. The van der Waals surface area contributed by atoms with Gasteiger partial charge >= 0.3 is 0 Å². The lowest BCUT2D eigenvalue weighted by Crippen LogP contribution is -2.61. The van der Waals surface area contributed by atoms with Crippen molar-refractivity contribution in [2.75, 3.05) is 0 Å². The molecule has 0 aromatic heterocycles. The molecule has 6 heteroatoms. The van der Waals surface area contributed by atoms with E-state index in [0.717, 1.165) is 32.1 Å². The van der Waals surface area contributed by atoms with Crippen LogP contribution in [0.1, 0.15) is 73.1 Å². The zero-order valence-electron chi connectivity index (χ0n) is 18.2. The van der Waals surface area contributed by atoms with Crippen molar-refractivity contribution in [3.63, 3.8) is 0 Å². The molecule has 3 aliphatic rings. The lowest BCUT2D eigenvalue weighted by molar-refractivity contribution is -0.149. The molecule has 29 heavy (non-hydrogen) atoms. The Morgan fingerprint density at radius 3 is 2.34 bits per heavy atom. The average Bonchev–Trinajstić information content (AvgIpc) is 3.05. The number of isothiocyanates is 1. The minimum Gasteiger partial charge on any atom is -0.382 e. The van der Waals surface area contributed by atoms with E-state index in [9.17, 15) is 5.11 Å². The standard InChI is InChI=1S/C23H33N3O2S/c1-20(2,26-14-29)17-10-13-23(5,28-17)16-8-11-21(3,25-7)15-9-12-22(4,27)19(24-6)18(15)16/h15-19,27H,8-13H2,1-5H3/t15-,16-,17?,18-,19+,21+,22+,23+/m0/s1. The molecule has 0 radical (unpaired) electrons. The maximum Gasteiger partial charge on any atom is 0.255 e. The first-order chi connectivity index (χ1) is 13.4. The van der Waals surface area contributed by atoms with E-state index in [4.69, 9.17) is 30.1 Å². The number of hydrogen-bond donors (Lipinski definition) is 1. The van der Waals surface area contributed by atoms with Gasteiger partial charge in [-0.3, -0.25) is 0 Å². The molecule has 2 aliphatic carbocycles. The van der Waals surface area contributed by atoms with Gasteiger partial charge in [0.2, 0.25) is 5.54 Å². The minimum absolute atomic E-state index is 0.0371. The molecule has 1 saturated heterocycles. The van der Waals surface area contributed by atoms with Crippen molar-refractivity contribution >= 4 is 17.4 Å². The first-order valence-corrected chi connectivity index (χ1v) is 11.1. The molecular weight excluding hydrogens is 382 g/mol. The summed E-state index contributed by atoms with van der Waals surface area (Å²) >= 11 is 4.83. The second-order valence-corrected chi connectivity index (χ2v) is 10.8. The van der Waals surface area contributed by atoms with Gasteiger partial charge in [0.1, 0.15) is 5.60 Å². The maximum absolute atomic E-state index is 11.0. The number of aliphatic imine (C=N–C) groups is 1. The second kappa shape index (κ2) is 7.44. The summed E-state index contributed by atoms with van der Waals surface area (Å²) in [5, 5.41) is 13.5. The molecule has 158 valence electrons. The fraction of sp³-hybridized carbons (Fsp3) is 0.870. The summed E-state index contributed by atoms with van der Waals surface area (Å²) in [6.07, 6.45) is 4.77. The normalized spacial score (nSPS) is 47.4. The predicted octanol–water partition coefficient (Wildman–Crippen LogP) is 4.96. The Morgan fingerprint density at radius 1 is 1.10 bits per heavy atom. The summed E-state index contributed by atoms with van der Waals surface area (Å²) in [6.45, 7) is 25.8. The van der Waals surface area contributed by atoms with Crippen LogP contribution in [-0.4, -0.2) is 44.7 Å². The van der Waals surface area contributed by atoms with Crippen LogP contribution in [0.15, 0.2) is 4.99 Å². The molecule has 5 nitrogen and oxygen atoms in total. The number of ether oxygens (including phenoxy) is 1. The van der Waals surface area contributed by atoms with Gasteiger partial charge in [0, 0.05) is 19.3 Å². The van der Waals surface area contributed by atoms with Crippen LogP contribution < -0.4 is 0 Å².